The Morgan fingerprint density at radius 2 is 1.78 bits per heavy atom. The highest BCUT2D eigenvalue weighted by Crippen LogP contribution is 2.31. The molecule has 2 aromatic carbocycles. The summed E-state index contributed by atoms with van der Waals surface area (Å²) in [5.74, 6) is 0.919. The molecular weight excluding hydrogens is 300 g/mol. The number of aliphatic hydroxyl groups is 1. The van der Waals surface area contributed by atoms with Gasteiger partial charge in [-0.1, -0.05) is 67.2 Å². The third-order valence-electron chi connectivity index (χ3n) is 4.87. The van der Waals surface area contributed by atoms with E-state index in [-0.39, 0.29) is 6.61 Å². The highest BCUT2D eigenvalue weighted by Gasteiger charge is 2.33. The Balaban J connectivity index is 2.25. The topological polar surface area (TPSA) is 29.5 Å². The van der Waals surface area contributed by atoms with E-state index in [0.29, 0.717) is 5.54 Å². The lowest BCUT2D eigenvalue weighted by molar-refractivity contribution is 0.282. The van der Waals surface area contributed by atoms with Gasteiger partial charge in [0.05, 0.1) is 15.2 Å². The van der Waals surface area contributed by atoms with Crippen LogP contribution in [0.3, 0.4) is 0 Å². The molecular formula is C20H28O2Si. The van der Waals surface area contributed by atoms with Gasteiger partial charge in [0.15, 0.2) is 0 Å². The van der Waals surface area contributed by atoms with Crippen LogP contribution in [0.4, 0.5) is 0 Å². The number of aliphatic hydroxyl groups excluding tert-OH is 1. The smallest absolute Gasteiger partial charge is 0.119 e. The van der Waals surface area contributed by atoms with Crippen molar-refractivity contribution in [3.05, 3.63) is 60.2 Å². The van der Waals surface area contributed by atoms with Gasteiger partial charge in [-0.15, -0.1) is 0 Å². The summed E-state index contributed by atoms with van der Waals surface area (Å²) in [6.45, 7) is 5.17. The molecule has 0 aliphatic rings. The molecule has 2 rings (SSSR count). The second-order valence-electron chi connectivity index (χ2n) is 6.71. The Morgan fingerprint density at radius 1 is 1.04 bits per heavy atom. The van der Waals surface area contributed by atoms with E-state index in [1.54, 1.807) is 7.11 Å². The number of hydrogen-bond donors (Lipinski definition) is 1. The molecule has 0 bridgehead atoms. The van der Waals surface area contributed by atoms with Crippen molar-refractivity contribution in [2.24, 2.45) is 0 Å². The van der Waals surface area contributed by atoms with E-state index >= 15 is 0 Å². The average molecular weight is 329 g/mol. The first-order valence-corrected chi connectivity index (χ1v) is 11.4. The summed E-state index contributed by atoms with van der Waals surface area (Å²) in [6, 6.07) is 19.3. The predicted molar refractivity (Wildman–Crippen MR) is 100 cm³/mol. The summed E-state index contributed by atoms with van der Waals surface area (Å²) in [7, 11) is 0.105. The maximum atomic E-state index is 9.30. The maximum Gasteiger partial charge on any atom is 0.119 e. The maximum absolute atomic E-state index is 9.30. The molecule has 0 saturated carbocycles. The molecule has 0 fully saturated rings. The SMILES string of the molecule is COc1cccc(C[C@@H](CCCO)[Si](C)(C)c2ccccc2)c1. The standard InChI is InChI=1S/C20H28O2Si/c1-22-18-10-7-9-17(15-18)16-20(13-8-14-21)23(2,3)19-11-5-4-6-12-19/h4-7,9-12,15,20-21H,8,13-14,16H2,1-3H3/t20-/m1/s1. The monoisotopic (exact) mass is 328 g/mol. The Kier molecular flexibility index (Phi) is 6.43. The summed E-state index contributed by atoms with van der Waals surface area (Å²) in [5, 5.41) is 10.8. The fourth-order valence-corrected chi connectivity index (χ4v) is 6.44. The highest BCUT2D eigenvalue weighted by atomic mass is 28.3. The van der Waals surface area contributed by atoms with Crippen molar-refractivity contribution >= 4 is 13.3 Å². The first kappa shape index (κ1) is 17.8. The minimum atomic E-state index is -1.61. The molecule has 0 radical (unpaired) electrons. The summed E-state index contributed by atoms with van der Waals surface area (Å²) in [5.41, 5.74) is 1.92. The van der Waals surface area contributed by atoms with Crippen molar-refractivity contribution in [1.82, 2.24) is 0 Å². The predicted octanol–water partition coefficient (Wildman–Crippen LogP) is 4.00. The van der Waals surface area contributed by atoms with Gasteiger partial charge in [0, 0.05) is 6.61 Å². The zero-order chi connectivity index (χ0) is 16.7. The Labute approximate surface area is 141 Å². The van der Waals surface area contributed by atoms with Gasteiger partial charge in [0.2, 0.25) is 0 Å². The lowest BCUT2D eigenvalue weighted by Gasteiger charge is -2.33. The van der Waals surface area contributed by atoms with Crippen molar-refractivity contribution in [3.8, 4) is 5.75 Å². The Bertz CT molecular complexity index is 596. The molecule has 0 spiro atoms. The molecule has 1 atom stereocenters. The van der Waals surface area contributed by atoms with E-state index in [9.17, 15) is 5.11 Å². The summed E-state index contributed by atoms with van der Waals surface area (Å²) < 4.78 is 5.36. The average Bonchev–Trinajstić information content (AvgIpc) is 2.59. The second-order valence-corrected chi connectivity index (χ2v) is 11.5. The van der Waals surface area contributed by atoms with E-state index in [2.05, 4.69) is 61.6 Å². The number of ether oxygens (including phenoxy) is 1. The van der Waals surface area contributed by atoms with Gasteiger partial charge in [0.1, 0.15) is 5.75 Å². The molecule has 23 heavy (non-hydrogen) atoms. The molecule has 124 valence electrons. The van der Waals surface area contributed by atoms with Gasteiger partial charge < -0.3 is 9.84 Å². The van der Waals surface area contributed by atoms with Crippen molar-refractivity contribution in [3.63, 3.8) is 0 Å². The summed E-state index contributed by atoms with van der Waals surface area (Å²) >= 11 is 0. The molecule has 0 aliphatic heterocycles. The quantitative estimate of drug-likeness (QED) is 0.742. The van der Waals surface area contributed by atoms with E-state index < -0.39 is 8.07 Å². The third-order valence-corrected chi connectivity index (χ3v) is 9.22. The highest BCUT2D eigenvalue weighted by molar-refractivity contribution is 6.91. The Morgan fingerprint density at radius 3 is 2.43 bits per heavy atom. The van der Waals surface area contributed by atoms with Gasteiger partial charge in [-0.2, -0.15) is 0 Å². The normalized spacial score (nSPS) is 12.9. The van der Waals surface area contributed by atoms with Crippen LogP contribution in [0.1, 0.15) is 18.4 Å². The van der Waals surface area contributed by atoms with Crippen LogP contribution in [0.25, 0.3) is 0 Å². The van der Waals surface area contributed by atoms with Crippen molar-refractivity contribution in [1.29, 1.82) is 0 Å². The number of rotatable bonds is 8. The van der Waals surface area contributed by atoms with Crippen LogP contribution in [-0.2, 0) is 6.42 Å². The molecule has 0 amide bonds. The zero-order valence-corrected chi connectivity index (χ0v) is 15.5. The zero-order valence-electron chi connectivity index (χ0n) is 14.5. The number of benzene rings is 2. The van der Waals surface area contributed by atoms with E-state index in [1.165, 1.54) is 10.8 Å². The molecule has 2 nitrogen and oxygen atoms in total. The fraction of sp³-hybridized carbons (Fsp3) is 0.400. The molecule has 2 aromatic rings. The van der Waals surface area contributed by atoms with Gasteiger partial charge in [0.25, 0.3) is 0 Å². The number of hydrogen-bond acceptors (Lipinski definition) is 2. The summed E-state index contributed by atoms with van der Waals surface area (Å²) in [4.78, 5) is 0. The second kappa shape index (κ2) is 8.32. The molecule has 0 aliphatic carbocycles. The van der Waals surface area contributed by atoms with Crippen LogP contribution in [0, 0.1) is 0 Å². The molecule has 0 aromatic heterocycles. The van der Waals surface area contributed by atoms with E-state index in [1.807, 2.05) is 6.07 Å². The van der Waals surface area contributed by atoms with Crippen LogP contribution in [0.5, 0.6) is 5.75 Å². The lowest BCUT2D eigenvalue weighted by Crippen LogP contribution is -2.46. The van der Waals surface area contributed by atoms with Crippen LogP contribution >= 0.6 is 0 Å². The van der Waals surface area contributed by atoms with E-state index in [4.69, 9.17) is 4.74 Å². The lowest BCUT2D eigenvalue weighted by atomic mass is 10.1. The number of methoxy groups -OCH3 is 1. The van der Waals surface area contributed by atoms with Crippen molar-refractivity contribution in [2.45, 2.75) is 37.9 Å². The van der Waals surface area contributed by atoms with Gasteiger partial charge in [-0.05, 0) is 36.1 Å². The molecule has 3 heteroatoms. The molecule has 0 heterocycles. The van der Waals surface area contributed by atoms with Crippen molar-refractivity contribution < 1.29 is 9.84 Å². The van der Waals surface area contributed by atoms with Crippen LogP contribution in [0.2, 0.25) is 18.6 Å². The fourth-order valence-electron chi connectivity index (χ4n) is 3.24. The first-order valence-electron chi connectivity index (χ1n) is 8.37. The van der Waals surface area contributed by atoms with Gasteiger partial charge >= 0.3 is 0 Å². The minimum Gasteiger partial charge on any atom is -0.497 e. The molecule has 0 unspecified atom stereocenters. The van der Waals surface area contributed by atoms with Crippen LogP contribution in [0.15, 0.2) is 54.6 Å². The molecule has 1 N–H and O–H groups in total. The largest absolute Gasteiger partial charge is 0.497 e. The van der Waals surface area contributed by atoms with E-state index in [0.717, 1.165) is 25.0 Å². The van der Waals surface area contributed by atoms with Crippen LogP contribution in [-0.4, -0.2) is 26.9 Å². The minimum absolute atomic E-state index is 0.272. The first-order chi connectivity index (χ1) is 11.1. The van der Waals surface area contributed by atoms with Gasteiger partial charge in [-0.3, -0.25) is 0 Å². The van der Waals surface area contributed by atoms with Crippen molar-refractivity contribution in [2.75, 3.05) is 13.7 Å². The van der Waals surface area contributed by atoms with Gasteiger partial charge in [-0.25, -0.2) is 0 Å². The summed E-state index contributed by atoms with van der Waals surface area (Å²) in [6.07, 6.45) is 2.99. The molecule has 0 saturated heterocycles. The third kappa shape index (κ3) is 4.69. The van der Waals surface area contributed by atoms with Crippen LogP contribution < -0.4 is 9.92 Å². The Hall–Kier alpha value is -1.58.